The van der Waals surface area contributed by atoms with Crippen molar-refractivity contribution in [3.63, 3.8) is 0 Å². The number of carboxylic acid groups (broad SMARTS) is 1. The molecule has 1 unspecified atom stereocenters. The van der Waals surface area contributed by atoms with E-state index in [-0.39, 0.29) is 17.9 Å². The molecular formula is C12H16FNO4S. The summed E-state index contributed by atoms with van der Waals surface area (Å²) in [6.07, 6.45) is 0.272. The second-order valence-electron chi connectivity index (χ2n) is 4.50. The molecule has 0 aromatic heterocycles. The van der Waals surface area contributed by atoms with Gasteiger partial charge in [-0.15, -0.1) is 0 Å². The van der Waals surface area contributed by atoms with Gasteiger partial charge in [-0.2, -0.15) is 0 Å². The minimum atomic E-state index is -3.91. The fraction of sp³-hybridized carbons (Fsp3) is 0.417. The fourth-order valence-corrected chi connectivity index (χ4v) is 2.52. The van der Waals surface area contributed by atoms with Crippen molar-refractivity contribution in [1.82, 2.24) is 4.72 Å². The summed E-state index contributed by atoms with van der Waals surface area (Å²) in [5, 5.41) is 9.05. The third-order valence-electron chi connectivity index (χ3n) is 3.06. The molecule has 0 radical (unpaired) electrons. The lowest BCUT2D eigenvalue weighted by Gasteiger charge is -2.23. The average molecular weight is 289 g/mol. The molecule has 19 heavy (non-hydrogen) atoms. The Kier molecular flexibility index (Phi) is 4.65. The monoisotopic (exact) mass is 289 g/mol. The third-order valence-corrected chi connectivity index (χ3v) is 4.45. The lowest BCUT2D eigenvalue weighted by Crippen LogP contribution is -2.40. The van der Waals surface area contributed by atoms with E-state index in [1.54, 1.807) is 6.92 Å². The molecule has 0 aliphatic heterocycles. The number of benzene rings is 1. The molecule has 1 aromatic carbocycles. The summed E-state index contributed by atoms with van der Waals surface area (Å²) in [4.78, 5) is 10.8. The van der Waals surface area contributed by atoms with Crippen molar-refractivity contribution in [1.29, 1.82) is 0 Å². The number of carboxylic acids is 1. The highest BCUT2D eigenvalue weighted by Crippen LogP contribution is 2.21. The molecule has 0 aliphatic rings. The third kappa shape index (κ3) is 3.74. The highest BCUT2D eigenvalue weighted by atomic mass is 32.2. The average Bonchev–Trinajstić information content (AvgIpc) is 2.36. The smallest absolute Gasteiger partial charge is 0.310 e. The molecule has 0 amide bonds. The number of rotatable bonds is 6. The van der Waals surface area contributed by atoms with Gasteiger partial charge in [0.1, 0.15) is 5.82 Å². The van der Waals surface area contributed by atoms with Gasteiger partial charge in [-0.25, -0.2) is 17.5 Å². The van der Waals surface area contributed by atoms with Gasteiger partial charge in [0.25, 0.3) is 0 Å². The summed E-state index contributed by atoms with van der Waals surface area (Å²) in [6, 6.07) is 4.54. The van der Waals surface area contributed by atoms with Gasteiger partial charge in [0.2, 0.25) is 10.0 Å². The van der Waals surface area contributed by atoms with Gasteiger partial charge in [-0.1, -0.05) is 13.0 Å². The van der Waals surface area contributed by atoms with Crippen molar-refractivity contribution in [3.05, 3.63) is 30.1 Å². The topological polar surface area (TPSA) is 83.5 Å². The Balaban J connectivity index is 2.90. The van der Waals surface area contributed by atoms with Crippen LogP contribution in [-0.4, -0.2) is 26.0 Å². The van der Waals surface area contributed by atoms with E-state index in [2.05, 4.69) is 4.72 Å². The van der Waals surface area contributed by atoms with Crippen molar-refractivity contribution >= 4 is 16.0 Å². The Morgan fingerprint density at radius 1 is 1.47 bits per heavy atom. The number of carbonyl (C=O) groups is 1. The molecule has 106 valence electrons. The number of aliphatic carboxylic acids is 1. The normalized spacial score (nSPS) is 14.9. The predicted octanol–water partition coefficient (Wildman–Crippen LogP) is 1.60. The minimum absolute atomic E-state index is 0.226. The second-order valence-corrected chi connectivity index (χ2v) is 6.27. The maximum atomic E-state index is 13.0. The van der Waals surface area contributed by atoms with Crippen LogP contribution in [0, 0.1) is 11.2 Å². The summed E-state index contributed by atoms with van der Waals surface area (Å²) in [7, 11) is -3.91. The molecule has 1 aromatic rings. The first-order valence-corrected chi connectivity index (χ1v) is 7.18. The molecule has 2 N–H and O–H groups in total. The highest BCUT2D eigenvalue weighted by Gasteiger charge is 2.32. The first-order chi connectivity index (χ1) is 8.71. The van der Waals surface area contributed by atoms with E-state index < -0.39 is 27.2 Å². The van der Waals surface area contributed by atoms with Gasteiger partial charge in [0, 0.05) is 6.54 Å². The number of halogens is 1. The summed E-state index contributed by atoms with van der Waals surface area (Å²) in [5.41, 5.74) is -1.19. The second kappa shape index (κ2) is 5.66. The lowest BCUT2D eigenvalue weighted by molar-refractivity contribution is -0.147. The molecule has 1 rings (SSSR count). The number of sulfonamides is 1. The van der Waals surface area contributed by atoms with Crippen LogP contribution in [0.15, 0.2) is 29.2 Å². The number of hydrogen-bond acceptors (Lipinski definition) is 3. The van der Waals surface area contributed by atoms with E-state index >= 15 is 0 Å². The van der Waals surface area contributed by atoms with E-state index in [9.17, 15) is 17.6 Å². The summed E-state index contributed by atoms with van der Waals surface area (Å²) >= 11 is 0. The summed E-state index contributed by atoms with van der Waals surface area (Å²) < 4.78 is 39.0. The maximum Gasteiger partial charge on any atom is 0.310 e. The van der Waals surface area contributed by atoms with Crippen molar-refractivity contribution in [2.45, 2.75) is 25.2 Å². The molecule has 0 saturated carbocycles. The molecule has 1 atom stereocenters. The minimum Gasteiger partial charge on any atom is -0.481 e. The Bertz CT molecular complexity index is 573. The molecule has 5 nitrogen and oxygen atoms in total. The molecule has 0 bridgehead atoms. The van der Waals surface area contributed by atoms with Crippen LogP contribution in [0.3, 0.4) is 0 Å². The fourth-order valence-electron chi connectivity index (χ4n) is 1.32. The van der Waals surface area contributed by atoms with Crippen LogP contribution in [0.5, 0.6) is 0 Å². The van der Waals surface area contributed by atoms with Crippen LogP contribution in [0.1, 0.15) is 20.3 Å². The molecule has 0 heterocycles. The van der Waals surface area contributed by atoms with E-state index in [0.717, 1.165) is 12.1 Å². The standard InChI is InChI=1S/C12H16FNO4S/c1-3-12(2,11(15)16)8-14-19(17,18)10-6-4-5-9(13)7-10/h4-7,14H,3,8H2,1-2H3,(H,15,16). The first-order valence-electron chi connectivity index (χ1n) is 5.70. The Hall–Kier alpha value is -1.47. The molecule has 7 heteroatoms. The molecule has 0 aliphatic carbocycles. The van der Waals surface area contributed by atoms with Gasteiger partial charge in [-0.3, -0.25) is 4.79 Å². The SMILES string of the molecule is CCC(C)(CNS(=O)(=O)c1cccc(F)c1)C(=O)O. The van der Waals surface area contributed by atoms with Crippen LogP contribution in [0.4, 0.5) is 4.39 Å². The molecule has 0 saturated heterocycles. The van der Waals surface area contributed by atoms with E-state index in [1.165, 1.54) is 19.1 Å². The number of nitrogens with one attached hydrogen (secondary N) is 1. The van der Waals surface area contributed by atoms with Crippen LogP contribution in [0.25, 0.3) is 0 Å². The van der Waals surface area contributed by atoms with Crippen molar-refractivity contribution in [2.75, 3.05) is 6.54 Å². The van der Waals surface area contributed by atoms with Crippen LogP contribution in [0.2, 0.25) is 0 Å². The maximum absolute atomic E-state index is 13.0. The van der Waals surface area contributed by atoms with Gasteiger partial charge in [0.15, 0.2) is 0 Å². The van der Waals surface area contributed by atoms with Crippen molar-refractivity contribution in [3.8, 4) is 0 Å². The van der Waals surface area contributed by atoms with Crippen molar-refractivity contribution in [2.24, 2.45) is 5.41 Å². The van der Waals surface area contributed by atoms with Gasteiger partial charge in [-0.05, 0) is 31.5 Å². The Morgan fingerprint density at radius 2 is 2.11 bits per heavy atom. The van der Waals surface area contributed by atoms with Crippen LogP contribution in [-0.2, 0) is 14.8 Å². The zero-order chi connectivity index (χ0) is 14.7. The van der Waals surface area contributed by atoms with Gasteiger partial charge < -0.3 is 5.11 Å². The lowest BCUT2D eigenvalue weighted by atomic mass is 9.88. The van der Waals surface area contributed by atoms with Crippen LogP contribution >= 0.6 is 0 Å². The van der Waals surface area contributed by atoms with Crippen LogP contribution < -0.4 is 4.72 Å². The summed E-state index contributed by atoms with van der Waals surface area (Å²) in [5.74, 6) is -1.75. The highest BCUT2D eigenvalue weighted by molar-refractivity contribution is 7.89. The zero-order valence-corrected chi connectivity index (χ0v) is 11.5. The first kappa shape index (κ1) is 15.6. The number of hydrogen-bond donors (Lipinski definition) is 2. The predicted molar refractivity (Wildman–Crippen MR) is 67.6 cm³/mol. The van der Waals surface area contributed by atoms with E-state index in [1.807, 2.05) is 0 Å². The summed E-state index contributed by atoms with van der Waals surface area (Å²) in [6.45, 7) is 2.85. The zero-order valence-electron chi connectivity index (χ0n) is 10.7. The Morgan fingerprint density at radius 3 is 2.58 bits per heavy atom. The molecular weight excluding hydrogens is 273 g/mol. The van der Waals surface area contributed by atoms with Crippen molar-refractivity contribution < 1.29 is 22.7 Å². The van der Waals surface area contributed by atoms with E-state index in [0.29, 0.717) is 0 Å². The Labute approximate surface area is 111 Å². The van der Waals surface area contributed by atoms with Gasteiger partial charge >= 0.3 is 5.97 Å². The largest absolute Gasteiger partial charge is 0.481 e. The molecule has 0 fully saturated rings. The van der Waals surface area contributed by atoms with Gasteiger partial charge in [0.05, 0.1) is 10.3 Å². The van der Waals surface area contributed by atoms with E-state index in [4.69, 9.17) is 5.11 Å². The molecule has 0 spiro atoms. The quantitative estimate of drug-likeness (QED) is 0.833.